The van der Waals surface area contributed by atoms with Gasteiger partial charge in [-0.25, -0.2) is 0 Å². The molecule has 0 aromatic heterocycles. The number of benzene rings is 2. The molecule has 2 aliphatic rings. The largest absolute Gasteiger partial charge is 0.327 e. The molecule has 0 unspecified atom stereocenters. The summed E-state index contributed by atoms with van der Waals surface area (Å²) in [7, 11) is 0. The highest BCUT2D eigenvalue weighted by Crippen LogP contribution is 2.48. The third kappa shape index (κ3) is 3.12. The lowest BCUT2D eigenvalue weighted by molar-refractivity contribution is -0.121. The van der Waals surface area contributed by atoms with Gasteiger partial charge in [-0.1, -0.05) is 60.3 Å². The number of hydrogen-bond acceptors (Lipinski definition) is 3. The molecule has 4 rings (SSSR count). The first-order valence-corrected chi connectivity index (χ1v) is 10.0. The number of carbonyl (C=O) groups excluding carboxylic acids is 2. The van der Waals surface area contributed by atoms with Gasteiger partial charge >= 0.3 is 0 Å². The van der Waals surface area contributed by atoms with Gasteiger partial charge < -0.3 is 4.90 Å². The van der Waals surface area contributed by atoms with Crippen LogP contribution >= 0.6 is 23.2 Å². The number of carbonyl (C=O) groups is 2. The molecule has 1 heterocycles. The minimum atomic E-state index is -0.898. The first-order valence-electron chi connectivity index (χ1n) is 9.26. The summed E-state index contributed by atoms with van der Waals surface area (Å²) < 4.78 is 0. The van der Waals surface area contributed by atoms with Crippen molar-refractivity contribution in [2.75, 3.05) is 0 Å². The Morgan fingerprint density at radius 1 is 1.04 bits per heavy atom. The molecule has 1 fully saturated rings. The minimum Gasteiger partial charge on any atom is -0.327 e. The maximum atomic E-state index is 13.5. The minimum absolute atomic E-state index is 0.0143. The Morgan fingerprint density at radius 2 is 1.75 bits per heavy atom. The van der Waals surface area contributed by atoms with Crippen molar-refractivity contribution in [1.82, 2.24) is 4.90 Å². The Kier molecular flexibility index (Phi) is 5.21. The molecule has 144 valence electrons. The summed E-state index contributed by atoms with van der Waals surface area (Å²) in [6, 6.07) is 11.2. The van der Waals surface area contributed by atoms with E-state index >= 15 is 0 Å². The predicted molar refractivity (Wildman–Crippen MR) is 108 cm³/mol. The van der Waals surface area contributed by atoms with Gasteiger partial charge in [-0.2, -0.15) is 0 Å². The van der Waals surface area contributed by atoms with Gasteiger partial charge in [0.1, 0.15) is 0 Å². The summed E-state index contributed by atoms with van der Waals surface area (Å²) in [5.74, 6) is -1.85. The van der Waals surface area contributed by atoms with Gasteiger partial charge in [0.25, 0.3) is 11.8 Å². The summed E-state index contributed by atoms with van der Waals surface area (Å²) in [4.78, 5) is 39.2. The van der Waals surface area contributed by atoms with Crippen LogP contribution in [0.25, 0.3) is 0 Å². The molecule has 1 saturated carbocycles. The number of nitroso groups, excluding NO2 is 1. The molecule has 2 atom stereocenters. The lowest BCUT2D eigenvalue weighted by atomic mass is 9.78. The van der Waals surface area contributed by atoms with Crippen LogP contribution in [0.2, 0.25) is 10.0 Å². The average Bonchev–Trinajstić information content (AvgIpc) is 3.22. The smallest absolute Gasteiger partial charge is 0.296 e. The first-order chi connectivity index (χ1) is 13.5. The van der Waals surface area contributed by atoms with Crippen LogP contribution in [0, 0.1) is 4.91 Å². The van der Waals surface area contributed by atoms with E-state index in [2.05, 4.69) is 5.18 Å². The Hall–Kier alpha value is -2.24. The van der Waals surface area contributed by atoms with E-state index in [0.717, 1.165) is 25.7 Å². The molecular formula is C21H18Cl2N2O3. The van der Waals surface area contributed by atoms with Gasteiger partial charge in [-0.05, 0) is 42.2 Å². The molecule has 0 radical (unpaired) electrons. The summed E-state index contributed by atoms with van der Waals surface area (Å²) >= 11 is 12.5. The predicted octanol–water partition coefficient (Wildman–Crippen LogP) is 5.51. The number of halogens is 2. The summed E-state index contributed by atoms with van der Waals surface area (Å²) in [6.07, 6.45) is 3.74. The summed E-state index contributed by atoms with van der Waals surface area (Å²) in [5, 5.41) is 3.54. The maximum absolute atomic E-state index is 13.5. The molecule has 2 aromatic carbocycles. The van der Waals surface area contributed by atoms with Crippen LogP contribution in [0.5, 0.6) is 0 Å². The molecular weight excluding hydrogens is 399 g/mol. The quantitative estimate of drug-likeness (QED) is 0.619. The summed E-state index contributed by atoms with van der Waals surface area (Å²) in [5.41, 5.74) is 1.56. The van der Waals surface area contributed by atoms with E-state index in [1.807, 2.05) is 0 Å². The third-order valence-electron chi connectivity index (χ3n) is 5.73. The second kappa shape index (κ2) is 7.64. The van der Waals surface area contributed by atoms with Gasteiger partial charge in [-0.15, -0.1) is 4.91 Å². The second-order valence-electron chi connectivity index (χ2n) is 7.26. The van der Waals surface area contributed by atoms with Crippen molar-refractivity contribution in [3.8, 4) is 0 Å². The van der Waals surface area contributed by atoms with Crippen LogP contribution in [0.4, 0.5) is 0 Å². The van der Waals surface area contributed by atoms with Crippen molar-refractivity contribution in [1.29, 1.82) is 0 Å². The lowest BCUT2D eigenvalue weighted by Crippen LogP contribution is -2.49. The molecule has 28 heavy (non-hydrogen) atoms. The lowest BCUT2D eigenvalue weighted by Gasteiger charge is -2.44. The molecule has 0 spiro atoms. The molecule has 0 saturated heterocycles. The zero-order valence-electron chi connectivity index (χ0n) is 15.0. The van der Waals surface area contributed by atoms with Crippen LogP contribution < -0.4 is 0 Å². The second-order valence-corrected chi connectivity index (χ2v) is 8.10. The zero-order valence-corrected chi connectivity index (χ0v) is 16.5. The SMILES string of the molecule is O=NC(=O)[C@@H]1c2ccccc2C(=O)N(C2CCCC2)[C@H]1c1ccc(Cl)cc1Cl. The number of rotatable bonds is 3. The standard InChI is InChI=1S/C21H18Cl2N2O3/c22-12-9-10-16(17(23)11-12)19-18(20(26)24-28)14-7-3-4-8-15(14)21(27)25(19)13-5-1-2-6-13/h3-4,7-11,13,18-19H,1-2,5-6H2/t18-,19+/m1/s1. The van der Waals surface area contributed by atoms with Crippen molar-refractivity contribution in [3.05, 3.63) is 74.1 Å². The van der Waals surface area contributed by atoms with Gasteiger partial charge in [0.2, 0.25) is 0 Å². The topological polar surface area (TPSA) is 66.8 Å². The van der Waals surface area contributed by atoms with Crippen molar-refractivity contribution < 1.29 is 9.59 Å². The molecule has 1 aliphatic carbocycles. The van der Waals surface area contributed by atoms with Crippen LogP contribution in [-0.4, -0.2) is 22.8 Å². The van der Waals surface area contributed by atoms with Gasteiger partial charge in [0.05, 0.1) is 12.0 Å². The van der Waals surface area contributed by atoms with E-state index in [1.54, 1.807) is 47.4 Å². The molecule has 1 aliphatic heterocycles. The molecule has 7 heteroatoms. The van der Waals surface area contributed by atoms with Crippen molar-refractivity contribution in [3.63, 3.8) is 0 Å². The summed E-state index contributed by atoms with van der Waals surface area (Å²) in [6.45, 7) is 0. The zero-order chi connectivity index (χ0) is 19.8. The Bertz CT molecular complexity index is 956. The monoisotopic (exact) mass is 416 g/mol. The number of amides is 2. The fraction of sp³-hybridized carbons (Fsp3) is 0.333. The third-order valence-corrected chi connectivity index (χ3v) is 6.29. The van der Waals surface area contributed by atoms with Gasteiger partial charge in [-0.3, -0.25) is 9.59 Å². The van der Waals surface area contributed by atoms with Gasteiger partial charge in [0.15, 0.2) is 0 Å². The van der Waals surface area contributed by atoms with Crippen molar-refractivity contribution in [2.24, 2.45) is 5.18 Å². The van der Waals surface area contributed by atoms with Crippen LogP contribution in [-0.2, 0) is 4.79 Å². The van der Waals surface area contributed by atoms with E-state index in [0.29, 0.717) is 26.7 Å². The molecule has 0 N–H and O–H groups in total. The van der Waals surface area contributed by atoms with E-state index < -0.39 is 17.9 Å². The van der Waals surface area contributed by atoms with E-state index in [9.17, 15) is 14.5 Å². The van der Waals surface area contributed by atoms with E-state index in [-0.39, 0.29) is 11.9 Å². The van der Waals surface area contributed by atoms with Gasteiger partial charge in [0, 0.05) is 26.8 Å². The van der Waals surface area contributed by atoms with E-state index in [1.165, 1.54) is 0 Å². The maximum Gasteiger partial charge on any atom is 0.296 e. The van der Waals surface area contributed by atoms with Crippen LogP contribution in [0.3, 0.4) is 0 Å². The Labute approximate surface area is 172 Å². The molecule has 2 amide bonds. The van der Waals surface area contributed by atoms with Crippen molar-refractivity contribution in [2.45, 2.75) is 43.7 Å². The molecule has 5 nitrogen and oxygen atoms in total. The number of fused-ring (bicyclic) bond motifs is 1. The molecule has 2 aromatic rings. The fourth-order valence-corrected chi connectivity index (χ4v) is 5.05. The highest BCUT2D eigenvalue weighted by Gasteiger charge is 2.47. The normalized spacial score (nSPS) is 22.2. The Balaban J connectivity index is 1.96. The Morgan fingerprint density at radius 3 is 2.43 bits per heavy atom. The van der Waals surface area contributed by atoms with Crippen LogP contribution in [0.1, 0.15) is 59.1 Å². The first kappa shape index (κ1) is 19.1. The van der Waals surface area contributed by atoms with E-state index in [4.69, 9.17) is 23.2 Å². The average molecular weight is 417 g/mol. The highest BCUT2D eigenvalue weighted by atomic mass is 35.5. The molecule has 0 bridgehead atoms. The number of hydrogen-bond donors (Lipinski definition) is 0. The van der Waals surface area contributed by atoms with Crippen LogP contribution in [0.15, 0.2) is 47.6 Å². The van der Waals surface area contributed by atoms with Crippen molar-refractivity contribution >= 4 is 35.0 Å². The fourth-order valence-electron chi connectivity index (χ4n) is 4.53. The highest BCUT2D eigenvalue weighted by molar-refractivity contribution is 6.35. The number of nitrogens with zero attached hydrogens (tertiary/aromatic N) is 2.